The van der Waals surface area contributed by atoms with Crippen LogP contribution in [0.5, 0.6) is 0 Å². The minimum absolute atomic E-state index is 0.0847. The highest BCUT2D eigenvalue weighted by Crippen LogP contribution is 2.25. The summed E-state index contributed by atoms with van der Waals surface area (Å²) in [7, 11) is 0. The fraction of sp³-hybridized carbons (Fsp3) is 0.250. The Bertz CT molecular complexity index is 528. The van der Waals surface area contributed by atoms with Gasteiger partial charge in [0.15, 0.2) is 0 Å². The molecule has 4 nitrogen and oxygen atoms in total. The summed E-state index contributed by atoms with van der Waals surface area (Å²) < 4.78 is 1.70. The number of aliphatic hydroxyl groups is 1. The number of hydrogen-bond donors (Lipinski definition) is 2. The molecule has 0 aliphatic heterocycles. The van der Waals surface area contributed by atoms with Crippen molar-refractivity contribution in [3.63, 3.8) is 0 Å². The zero-order valence-corrected chi connectivity index (χ0v) is 11.1. The van der Waals surface area contributed by atoms with E-state index in [1.54, 1.807) is 23.0 Å². The van der Waals surface area contributed by atoms with E-state index in [-0.39, 0.29) is 6.61 Å². The maximum Gasteiger partial charge on any atom is 0.0640 e. The molecule has 1 aromatic carbocycles. The quantitative estimate of drug-likeness (QED) is 0.888. The number of halogens is 2. The van der Waals surface area contributed by atoms with Gasteiger partial charge in [-0.3, -0.25) is 4.68 Å². The molecule has 0 unspecified atom stereocenters. The third-order valence-electron chi connectivity index (χ3n) is 2.43. The van der Waals surface area contributed by atoms with Crippen molar-refractivity contribution in [3.8, 4) is 0 Å². The standard InChI is InChI=1S/C12H13Cl2N3O/c13-11-2-1-10(5-12(11)14)15-6-9-7-16-17(8-9)3-4-18/h1-2,5,7-8,15,18H,3-4,6H2. The molecule has 0 radical (unpaired) electrons. The summed E-state index contributed by atoms with van der Waals surface area (Å²) in [6, 6.07) is 5.40. The summed E-state index contributed by atoms with van der Waals surface area (Å²) in [5.74, 6) is 0. The molecule has 0 saturated carbocycles. The first-order valence-corrected chi connectivity index (χ1v) is 6.26. The zero-order chi connectivity index (χ0) is 13.0. The molecule has 2 rings (SSSR count). The van der Waals surface area contributed by atoms with Crippen molar-refractivity contribution in [1.82, 2.24) is 9.78 Å². The first kappa shape index (κ1) is 13.2. The van der Waals surface area contributed by atoms with Crippen LogP contribution in [0.4, 0.5) is 5.69 Å². The van der Waals surface area contributed by atoms with Gasteiger partial charge in [-0.05, 0) is 18.2 Å². The highest BCUT2D eigenvalue weighted by atomic mass is 35.5. The molecule has 6 heteroatoms. The Balaban J connectivity index is 1.95. The minimum Gasteiger partial charge on any atom is -0.394 e. The third-order valence-corrected chi connectivity index (χ3v) is 3.17. The summed E-state index contributed by atoms with van der Waals surface area (Å²) >= 11 is 11.8. The number of hydrogen-bond acceptors (Lipinski definition) is 3. The largest absolute Gasteiger partial charge is 0.394 e. The van der Waals surface area contributed by atoms with Gasteiger partial charge in [-0.15, -0.1) is 0 Å². The van der Waals surface area contributed by atoms with Gasteiger partial charge in [0.2, 0.25) is 0 Å². The number of nitrogens with one attached hydrogen (secondary N) is 1. The van der Waals surface area contributed by atoms with Gasteiger partial charge in [-0.2, -0.15) is 5.10 Å². The molecule has 1 heterocycles. The van der Waals surface area contributed by atoms with Crippen LogP contribution in [-0.2, 0) is 13.1 Å². The van der Waals surface area contributed by atoms with Crippen molar-refractivity contribution in [1.29, 1.82) is 0 Å². The lowest BCUT2D eigenvalue weighted by Crippen LogP contribution is -2.02. The molecule has 96 valence electrons. The number of benzene rings is 1. The Morgan fingerprint density at radius 1 is 1.28 bits per heavy atom. The molecule has 0 saturated heterocycles. The topological polar surface area (TPSA) is 50.1 Å². The van der Waals surface area contributed by atoms with Crippen molar-refractivity contribution in [2.24, 2.45) is 0 Å². The zero-order valence-electron chi connectivity index (χ0n) is 9.61. The van der Waals surface area contributed by atoms with Crippen LogP contribution in [0.15, 0.2) is 30.6 Å². The van der Waals surface area contributed by atoms with Gasteiger partial charge in [0.05, 0.1) is 29.4 Å². The molecule has 0 atom stereocenters. The Morgan fingerprint density at radius 2 is 2.11 bits per heavy atom. The molecular formula is C12H13Cl2N3O. The van der Waals surface area contributed by atoms with Gasteiger partial charge in [-0.25, -0.2) is 0 Å². The van der Waals surface area contributed by atoms with Crippen molar-refractivity contribution in [2.75, 3.05) is 11.9 Å². The summed E-state index contributed by atoms with van der Waals surface area (Å²) in [4.78, 5) is 0. The molecular weight excluding hydrogens is 273 g/mol. The van der Waals surface area contributed by atoms with Crippen molar-refractivity contribution >= 4 is 28.9 Å². The first-order chi connectivity index (χ1) is 8.69. The second-order valence-electron chi connectivity index (χ2n) is 3.82. The summed E-state index contributed by atoms with van der Waals surface area (Å²) in [5, 5.41) is 17.2. The molecule has 1 aromatic heterocycles. The van der Waals surface area contributed by atoms with Gasteiger partial charge in [0.1, 0.15) is 0 Å². The molecule has 0 spiro atoms. The van der Waals surface area contributed by atoms with E-state index >= 15 is 0 Å². The Hall–Kier alpha value is -1.23. The van der Waals surface area contributed by atoms with Gasteiger partial charge in [-0.1, -0.05) is 23.2 Å². The monoisotopic (exact) mass is 285 g/mol. The van der Waals surface area contributed by atoms with Crippen molar-refractivity contribution in [3.05, 3.63) is 46.2 Å². The van der Waals surface area contributed by atoms with Crippen LogP contribution in [0, 0.1) is 0 Å². The van der Waals surface area contributed by atoms with Crippen LogP contribution < -0.4 is 5.32 Å². The van der Waals surface area contributed by atoms with Crippen LogP contribution in [0.25, 0.3) is 0 Å². The maximum atomic E-state index is 8.79. The Kier molecular flexibility index (Phi) is 4.47. The predicted molar refractivity (Wildman–Crippen MR) is 73.1 cm³/mol. The third kappa shape index (κ3) is 3.38. The van der Waals surface area contributed by atoms with E-state index in [1.165, 1.54) is 0 Å². The lowest BCUT2D eigenvalue weighted by Gasteiger charge is -2.05. The second-order valence-corrected chi connectivity index (χ2v) is 4.63. The molecule has 0 aliphatic carbocycles. The highest BCUT2D eigenvalue weighted by molar-refractivity contribution is 6.42. The normalized spacial score (nSPS) is 10.6. The van der Waals surface area contributed by atoms with Gasteiger partial charge in [0.25, 0.3) is 0 Å². The van der Waals surface area contributed by atoms with Crippen molar-refractivity contribution < 1.29 is 5.11 Å². The van der Waals surface area contributed by atoms with Gasteiger partial charge < -0.3 is 10.4 Å². The molecule has 0 fully saturated rings. The summed E-state index contributed by atoms with van der Waals surface area (Å²) in [5.41, 5.74) is 1.94. The highest BCUT2D eigenvalue weighted by Gasteiger charge is 2.01. The molecule has 0 bridgehead atoms. The van der Waals surface area contributed by atoms with Crippen LogP contribution in [0.1, 0.15) is 5.56 Å². The van der Waals surface area contributed by atoms with Crippen LogP contribution in [0.3, 0.4) is 0 Å². The molecule has 2 aromatic rings. The van der Waals surface area contributed by atoms with E-state index in [0.717, 1.165) is 11.3 Å². The summed E-state index contributed by atoms with van der Waals surface area (Å²) in [6.07, 6.45) is 3.65. The second kappa shape index (κ2) is 6.09. The Morgan fingerprint density at radius 3 is 2.83 bits per heavy atom. The Labute approximate surface area is 115 Å². The molecule has 0 amide bonds. The average Bonchev–Trinajstić information content (AvgIpc) is 2.79. The fourth-order valence-electron chi connectivity index (χ4n) is 1.53. The lowest BCUT2D eigenvalue weighted by atomic mass is 10.3. The first-order valence-electron chi connectivity index (χ1n) is 5.50. The van der Waals surface area contributed by atoms with Crippen LogP contribution in [0.2, 0.25) is 10.0 Å². The van der Waals surface area contributed by atoms with E-state index < -0.39 is 0 Å². The number of aliphatic hydroxyl groups excluding tert-OH is 1. The summed E-state index contributed by atoms with van der Waals surface area (Å²) in [6.45, 7) is 1.23. The van der Waals surface area contributed by atoms with Crippen LogP contribution >= 0.6 is 23.2 Å². The number of anilines is 1. The van der Waals surface area contributed by atoms with E-state index in [0.29, 0.717) is 23.1 Å². The van der Waals surface area contributed by atoms with E-state index in [4.69, 9.17) is 28.3 Å². The van der Waals surface area contributed by atoms with Gasteiger partial charge in [0, 0.05) is 24.0 Å². The fourth-order valence-corrected chi connectivity index (χ4v) is 1.83. The number of rotatable bonds is 5. The smallest absolute Gasteiger partial charge is 0.0640 e. The van der Waals surface area contributed by atoms with E-state index in [9.17, 15) is 0 Å². The molecule has 2 N–H and O–H groups in total. The molecule has 0 aliphatic rings. The van der Waals surface area contributed by atoms with Crippen LogP contribution in [-0.4, -0.2) is 21.5 Å². The number of aromatic nitrogens is 2. The van der Waals surface area contributed by atoms with Gasteiger partial charge >= 0.3 is 0 Å². The lowest BCUT2D eigenvalue weighted by molar-refractivity contribution is 0.269. The average molecular weight is 286 g/mol. The number of nitrogens with zero attached hydrogens (tertiary/aromatic N) is 2. The maximum absolute atomic E-state index is 8.79. The van der Waals surface area contributed by atoms with E-state index in [2.05, 4.69) is 10.4 Å². The van der Waals surface area contributed by atoms with Crippen molar-refractivity contribution in [2.45, 2.75) is 13.1 Å². The minimum atomic E-state index is 0.0847. The predicted octanol–water partition coefficient (Wildman–Crippen LogP) is 2.79. The SMILES string of the molecule is OCCn1cc(CNc2ccc(Cl)c(Cl)c2)cn1. The van der Waals surface area contributed by atoms with E-state index in [1.807, 2.05) is 12.3 Å². The molecule has 18 heavy (non-hydrogen) atoms.